The normalized spacial score (nSPS) is 11.4. The second-order valence-corrected chi connectivity index (χ2v) is 3.29. The van der Waals surface area contributed by atoms with Crippen molar-refractivity contribution < 1.29 is 8.78 Å². The number of nitrogen functional groups attached to an aromatic ring is 1. The van der Waals surface area contributed by atoms with Crippen LogP contribution in [0.4, 0.5) is 20.3 Å². The van der Waals surface area contributed by atoms with E-state index in [0.29, 0.717) is 17.2 Å². The van der Waals surface area contributed by atoms with E-state index in [0.717, 1.165) is 6.92 Å². The monoisotopic (exact) mass is 201 g/mol. The minimum atomic E-state index is -2.74. The van der Waals surface area contributed by atoms with Gasteiger partial charge in [0.15, 0.2) is 0 Å². The summed E-state index contributed by atoms with van der Waals surface area (Å²) in [4.78, 5) is 4.01. The number of pyridine rings is 1. The smallest absolute Gasteiger partial charge is 0.262 e. The molecule has 0 fully saturated rings. The topological polar surface area (TPSA) is 50.9 Å². The lowest BCUT2D eigenvalue weighted by molar-refractivity contribution is 0.0367. The van der Waals surface area contributed by atoms with E-state index in [-0.39, 0.29) is 0 Å². The zero-order valence-corrected chi connectivity index (χ0v) is 8.14. The third-order valence-corrected chi connectivity index (χ3v) is 1.71. The van der Waals surface area contributed by atoms with Gasteiger partial charge in [0.2, 0.25) is 0 Å². The molecule has 3 nitrogen and oxygen atoms in total. The van der Waals surface area contributed by atoms with Gasteiger partial charge in [0, 0.05) is 6.92 Å². The standard InChI is InChI=1S/C9H13F2N3/c1-6-7(12)3-4-8(14-6)13-5-9(2,10)11/h3-4H,5,12H2,1-2H3,(H,13,14). The van der Waals surface area contributed by atoms with Crippen LogP contribution in [0.1, 0.15) is 12.6 Å². The Bertz CT molecular complexity index is 320. The summed E-state index contributed by atoms with van der Waals surface area (Å²) in [7, 11) is 0. The van der Waals surface area contributed by atoms with Gasteiger partial charge in [-0.3, -0.25) is 0 Å². The maximum Gasteiger partial charge on any atom is 0.262 e. The van der Waals surface area contributed by atoms with Crippen LogP contribution in [0, 0.1) is 6.92 Å². The molecule has 1 rings (SSSR count). The molecule has 0 amide bonds. The van der Waals surface area contributed by atoms with Crippen LogP contribution in [0.25, 0.3) is 0 Å². The number of hydrogen-bond donors (Lipinski definition) is 2. The van der Waals surface area contributed by atoms with Crippen molar-refractivity contribution in [3.8, 4) is 0 Å². The van der Waals surface area contributed by atoms with Gasteiger partial charge in [-0.15, -0.1) is 0 Å². The van der Waals surface area contributed by atoms with Gasteiger partial charge in [-0.1, -0.05) is 0 Å². The molecule has 0 saturated carbocycles. The summed E-state index contributed by atoms with van der Waals surface area (Å²) >= 11 is 0. The van der Waals surface area contributed by atoms with Crippen molar-refractivity contribution in [3.05, 3.63) is 17.8 Å². The lowest BCUT2D eigenvalue weighted by atomic mass is 10.3. The van der Waals surface area contributed by atoms with E-state index in [1.807, 2.05) is 0 Å². The second-order valence-electron chi connectivity index (χ2n) is 3.29. The summed E-state index contributed by atoms with van der Waals surface area (Å²) < 4.78 is 24.9. The summed E-state index contributed by atoms with van der Waals surface area (Å²) in [6.07, 6.45) is 0. The molecule has 0 saturated heterocycles. The van der Waals surface area contributed by atoms with Crippen LogP contribution < -0.4 is 11.1 Å². The molecule has 0 spiro atoms. The van der Waals surface area contributed by atoms with Crippen molar-refractivity contribution in [2.45, 2.75) is 19.8 Å². The average molecular weight is 201 g/mol. The Morgan fingerprint density at radius 2 is 2.14 bits per heavy atom. The Hall–Kier alpha value is -1.39. The van der Waals surface area contributed by atoms with Crippen LogP contribution in [0.3, 0.4) is 0 Å². The molecule has 1 aromatic heterocycles. The number of aromatic nitrogens is 1. The average Bonchev–Trinajstić information content (AvgIpc) is 2.06. The molecule has 5 heteroatoms. The van der Waals surface area contributed by atoms with Crippen molar-refractivity contribution in [1.29, 1.82) is 0 Å². The first kappa shape index (κ1) is 10.7. The zero-order valence-electron chi connectivity index (χ0n) is 8.14. The van der Waals surface area contributed by atoms with Gasteiger partial charge >= 0.3 is 0 Å². The first-order valence-corrected chi connectivity index (χ1v) is 4.23. The summed E-state index contributed by atoms with van der Waals surface area (Å²) in [6.45, 7) is 2.15. The quantitative estimate of drug-likeness (QED) is 0.786. The highest BCUT2D eigenvalue weighted by Gasteiger charge is 2.20. The Morgan fingerprint density at radius 1 is 1.50 bits per heavy atom. The molecule has 1 aromatic rings. The molecular formula is C9H13F2N3. The van der Waals surface area contributed by atoms with E-state index in [1.165, 1.54) is 0 Å². The van der Waals surface area contributed by atoms with Gasteiger partial charge in [-0.2, -0.15) is 0 Å². The number of nitrogens with zero attached hydrogens (tertiary/aromatic N) is 1. The molecule has 0 radical (unpaired) electrons. The van der Waals surface area contributed by atoms with E-state index in [4.69, 9.17) is 5.73 Å². The zero-order chi connectivity index (χ0) is 10.8. The van der Waals surface area contributed by atoms with Crippen molar-refractivity contribution >= 4 is 11.5 Å². The number of hydrogen-bond acceptors (Lipinski definition) is 3. The molecule has 14 heavy (non-hydrogen) atoms. The van der Waals surface area contributed by atoms with E-state index in [2.05, 4.69) is 10.3 Å². The minimum Gasteiger partial charge on any atom is -0.397 e. The molecular weight excluding hydrogens is 188 g/mol. The molecule has 0 aliphatic rings. The van der Waals surface area contributed by atoms with Crippen molar-refractivity contribution in [3.63, 3.8) is 0 Å². The summed E-state index contributed by atoms with van der Waals surface area (Å²) in [5, 5.41) is 2.54. The lowest BCUT2D eigenvalue weighted by Crippen LogP contribution is -2.23. The van der Waals surface area contributed by atoms with E-state index >= 15 is 0 Å². The maximum atomic E-state index is 12.5. The van der Waals surface area contributed by atoms with Gasteiger partial charge in [0.1, 0.15) is 5.82 Å². The van der Waals surface area contributed by atoms with Gasteiger partial charge in [-0.05, 0) is 19.1 Å². The van der Waals surface area contributed by atoms with Crippen LogP contribution in [-0.2, 0) is 0 Å². The molecule has 0 aliphatic heterocycles. The number of nitrogens with two attached hydrogens (primary N) is 1. The minimum absolute atomic E-state index is 0.415. The Labute approximate surface area is 81.3 Å². The first-order chi connectivity index (χ1) is 6.38. The summed E-state index contributed by atoms with van der Waals surface area (Å²) in [6, 6.07) is 3.21. The van der Waals surface area contributed by atoms with E-state index in [9.17, 15) is 8.78 Å². The van der Waals surface area contributed by atoms with Gasteiger partial charge in [-0.25, -0.2) is 13.8 Å². The fourth-order valence-electron chi connectivity index (χ4n) is 0.916. The van der Waals surface area contributed by atoms with Crippen molar-refractivity contribution in [1.82, 2.24) is 4.98 Å². The highest BCUT2D eigenvalue weighted by atomic mass is 19.3. The summed E-state index contributed by atoms with van der Waals surface area (Å²) in [5.74, 6) is -2.32. The third-order valence-electron chi connectivity index (χ3n) is 1.71. The number of aryl methyl sites for hydroxylation is 1. The third kappa shape index (κ3) is 3.16. The van der Waals surface area contributed by atoms with E-state index in [1.54, 1.807) is 19.1 Å². The van der Waals surface area contributed by atoms with Crippen LogP contribution in [0.15, 0.2) is 12.1 Å². The molecule has 78 valence electrons. The van der Waals surface area contributed by atoms with Gasteiger partial charge < -0.3 is 11.1 Å². The molecule has 0 unspecified atom stereocenters. The van der Waals surface area contributed by atoms with Crippen LogP contribution in [-0.4, -0.2) is 17.5 Å². The Balaban J connectivity index is 2.65. The van der Waals surface area contributed by atoms with Gasteiger partial charge in [0.25, 0.3) is 5.92 Å². The predicted molar refractivity (Wildman–Crippen MR) is 52.5 cm³/mol. The maximum absolute atomic E-state index is 12.5. The first-order valence-electron chi connectivity index (χ1n) is 4.23. The second kappa shape index (κ2) is 3.77. The molecule has 1 heterocycles. The van der Waals surface area contributed by atoms with Crippen LogP contribution in [0.2, 0.25) is 0 Å². The molecule has 3 N–H and O–H groups in total. The number of halogens is 2. The van der Waals surface area contributed by atoms with Crippen molar-refractivity contribution in [2.24, 2.45) is 0 Å². The highest BCUT2D eigenvalue weighted by Crippen LogP contribution is 2.15. The number of alkyl halides is 2. The van der Waals surface area contributed by atoms with Gasteiger partial charge in [0.05, 0.1) is 17.9 Å². The Morgan fingerprint density at radius 3 is 2.64 bits per heavy atom. The van der Waals surface area contributed by atoms with E-state index < -0.39 is 12.5 Å². The number of rotatable bonds is 3. The fourth-order valence-corrected chi connectivity index (χ4v) is 0.916. The number of nitrogens with one attached hydrogen (secondary N) is 1. The SMILES string of the molecule is Cc1nc(NCC(C)(F)F)ccc1N. The Kier molecular flexibility index (Phi) is 2.88. The number of anilines is 2. The molecule has 0 aromatic carbocycles. The van der Waals surface area contributed by atoms with Crippen LogP contribution in [0.5, 0.6) is 0 Å². The van der Waals surface area contributed by atoms with Crippen LogP contribution >= 0.6 is 0 Å². The predicted octanol–water partition coefficient (Wildman–Crippen LogP) is 2.04. The fraction of sp³-hybridized carbons (Fsp3) is 0.444. The largest absolute Gasteiger partial charge is 0.397 e. The molecule has 0 aliphatic carbocycles. The lowest BCUT2D eigenvalue weighted by Gasteiger charge is -2.12. The molecule has 0 atom stereocenters. The summed E-state index contributed by atoms with van der Waals surface area (Å²) in [5.41, 5.74) is 6.72. The highest BCUT2D eigenvalue weighted by molar-refractivity contribution is 5.49. The molecule has 0 bridgehead atoms. The van der Waals surface area contributed by atoms with Crippen molar-refractivity contribution in [2.75, 3.05) is 17.6 Å².